The number of carbonyl (C=O) groups is 1. The summed E-state index contributed by atoms with van der Waals surface area (Å²) in [5.74, 6) is -3.71. The molecule has 1 atom stereocenters. The number of hydrogen-bond donors (Lipinski definition) is 2. The summed E-state index contributed by atoms with van der Waals surface area (Å²) in [6.45, 7) is 6.26. The van der Waals surface area contributed by atoms with Gasteiger partial charge >= 0.3 is 0 Å². The monoisotopic (exact) mass is 562 g/mol. The average molecular weight is 563 g/mol. The first-order valence-electron chi connectivity index (χ1n) is 12.8. The number of morpholine rings is 1. The van der Waals surface area contributed by atoms with Crippen molar-refractivity contribution in [3.8, 4) is 0 Å². The molecule has 2 N–H and O–H groups in total. The lowest BCUT2D eigenvalue weighted by atomic mass is 10.0. The Morgan fingerprint density at radius 2 is 1.85 bits per heavy atom. The molecule has 4 rings (SSSR count). The molecule has 0 saturated carbocycles. The summed E-state index contributed by atoms with van der Waals surface area (Å²) in [7, 11) is 3.52. The van der Waals surface area contributed by atoms with E-state index in [9.17, 15) is 18.0 Å². The Kier molecular flexibility index (Phi) is 11.1. The minimum atomic E-state index is -1.54. The van der Waals surface area contributed by atoms with Crippen LogP contribution >= 0.6 is 0 Å². The summed E-state index contributed by atoms with van der Waals surface area (Å²) in [6, 6.07) is 4.60. The Labute approximate surface area is 232 Å². The van der Waals surface area contributed by atoms with Crippen LogP contribution in [0.1, 0.15) is 36.3 Å². The molecular formula is C28H37F3N6O3. The summed E-state index contributed by atoms with van der Waals surface area (Å²) in [5.41, 5.74) is 2.07. The van der Waals surface area contributed by atoms with Crippen LogP contribution < -0.4 is 15.5 Å². The van der Waals surface area contributed by atoms with Gasteiger partial charge in [0.1, 0.15) is 5.82 Å². The molecule has 12 heteroatoms. The van der Waals surface area contributed by atoms with Gasteiger partial charge < -0.3 is 29.9 Å². The van der Waals surface area contributed by atoms with Crippen LogP contribution in [0.25, 0.3) is 11.0 Å². The maximum atomic E-state index is 13.9. The second-order valence-corrected chi connectivity index (χ2v) is 9.32. The van der Waals surface area contributed by atoms with Crippen LogP contribution in [0.5, 0.6) is 0 Å². The van der Waals surface area contributed by atoms with Crippen molar-refractivity contribution in [1.29, 1.82) is 0 Å². The number of aromatic nitrogens is 2. The third-order valence-corrected chi connectivity index (χ3v) is 6.49. The standard InChI is InChI=1S/C27H33F3N6O3.CH4/c1-17(33-19-14-21(28)25(30)22(29)15-19)20-12-18(27(37)35(3)5-9-38-8-4-31-2)13-23-26(20)34-24(16-32-23)36-6-10-39-11-7-36;/h12-17,31,33H,4-11H2,1-3H3;1H4. The zero-order valence-corrected chi connectivity index (χ0v) is 22.3. The van der Waals surface area contributed by atoms with Crippen molar-refractivity contribution >= 4 is 28.4 Å². The van der Waals surface area contributed by atoms with Crippen LogP contribution in [0.4, 0.5) is 24.7 Å². The Hall–Kier alpha value is -3.48. The smallest absolute Gasteiger partial charge is 0.253 e. The van der Waals surface area contributed by atoms with Crippen molar-refractivity contribution in [3.05, 3.63) is 59.0 Å². The molecule has 3 aromatic rings. The molecule has 2 heterocycles. The van der Waals surface area contributed by atoms with E-state index in [1.165, 1.54) is 0 Å². The van der Waals surface area contributed by atoms with E-state index >= 15 is 0 Å². The van der Waals surface area contributed by atoms with Crippen molar-refractivity contribution in [1.82, 2.24) is 20.2 Å². The molecule has 0 bridgehead atoms. The number of rotatable bonds is 11. The second-order valence-electron chi connectivity index (χ2n) is 9.32. The quantitative estimate of drug-likeness (QED) is 0.268. The van der Waals surface area contributed by atoms with E-state index in [2.05, 4.69) is 20.5 Å². The summed E-state index contributed by atoms with van der Waals surface area (Å²) in [4.78, 5) is 26.4. The first-order chi connectivity index (χ1) is 18.8. The number of nitrogens with zero attached hydrogens (tertiary/aromatic N) is 4. The molecule has 1 unspecified atom stereocenters. The van der Waals surface area contributed by atoms with Crippen LogP contribution in [0.3, 0.4) is 0 Å². The number of fused-ring (bicyclic) bond motifs is 1. The lowest BCUT2D eigenvalue weighted by Crippen LogP contribution is -2.36. The van der Waals surface area contributed by atoms with E-state index in [1.807, 2.05) is 7.05 Å². The number of nitrogens with one attached hydrogen (secondary N) is 2. The predicted octanol–water partition coefficient (Wildman–Crippen LogP) is 4.00. The number of amides is 1. The average Bonchev–Trinajstić information content (AvgIpc) is 2.94. The molecular weight excluding hydrogens is 525 g/mol. The zero-order chi connectivity index (χ0) is 27.9. The molecule has 1 aliphatic heterocycles. The Morgan fingerprint density at radius 1 is 1.15 bits per heavy atom. The highest BCUT2D eigenvalue weighted by Crippen LogP contribution is 2.30. The number of likely N-dealkylation sites (N-methyl/N-ethyl adjacent to an activating group) is 2. The number of halogens is 3. The second kappa shape index (κ2) is 14.2. The molecule has 2 aromatic carbocycles. The molecule has 1 aliphatic rings. The van der Waals surface area contributed by atoms with Gasteiger partial charge in [0.05, 0.1) is 49.7 Å². The molecule has 0 spiro atoms. The SMILES string of the molecule is C.CNCCOCCN(C)C(=O)c1cc(C(C)Nc2cc(F)c(F)c(F)c2)c2nc(N3CCOCC3)cnc2c1. The van der Waals surface area contributed by atoms with Gasteiger partial charge in [-0.3, -0.25) is 9.78 Å². The molecule has 218 valence electrons. The van der Waals surface area contributed by atoms with Crippen LogP contribution in [-0.2, 0) is 9.47 Å². The minimum Gasteiger partial charge on any atom is -0.378 e. The molecule has 0 radical (unpaired) electrons. The normalized spacial score (nSPS) is 14.1. The number of ether oxygens (including phenoxy) is 2. The van der Waals surface area contributed by atoms with Crippen molar-refractivity contribution < 1.29 is 27.4 Å². The van der Waals surface area contributed by atoms with Gasteiger partial charge in [0.15, 0.2) is 17.5 Å². The Balaban J connectivity index is 0.00000441. The molecule has 0 aliphatic carbocycles. The van der Waals surface area contributed by atoms with Crippen LogP contribution in [0, 0.1) is 17.5 Å². The van der Waals surface area contributed by atoms with Gasteiger partial charge in [0.25, 0.3) is 5.91 Å². The fourth-order valence-corrected chi connectivity index (χ4v) is 4.30. The number of carbonyl (C=O) groups excluding carboxylic acids is 1. The topological polar surface area (TPSA) is 91.9 Å². The summed E-state index contributed by atoms with van der Waals surface area (Å²) in [5, 5.41) is 6.00. The molecule has 40 heavy (non-hydrogen) atoms. The van der Waals surface area contributed by atoms with Gasteiger partial charge in [-0.15, -0.1) is 0 Å². The number of benzene rings is 2. The highest BCUT2D eigenvalue weighted by atomic mass is 19.2. The Morgan fingerprint density at radius 3 is 2.52 bits per heavy atom. The maximum Gasteiger partial charge on any atom is 0.253 e. The van der Waals surface area contributed by atoms with Gasteiger partial charge in [-0.1, -0.05) is 7.43 Å². The first kappa shape index (κ1) is 31.1. The zero-order valence-electron chi connectivity index (χ0n) is 22.3. The summed E-state index contributed by atoms with van der Waals surface area (Å²) in [6.07, 6.45) is 1.66. The van der Waals surface area contributed by atoms with Crippen molar-refractivity contribution in [2.24, 2.45) is 0 Å². The van der Waals surface area contributed by atoms with Crippen molar-refractivity contribution in [2.75, 3.05) is 76.9 Å². The Bertz CT molecular complexity index is 1280. The fraction of sp³-hybridized carbons (Fsp3) is 0.464. The molecule has 1 amide bonds. The minimum absolute atomic E-state index is 0. The van der Waals surface area contributed by atoms with Gasteiger partial charge in [0.2, 0.25) is 0 Å². The molecule has 1 fully saturated rings. The van der Waals surface area contributed by atoms with Crippen molar-refractivity contribution in [3.63, 3.8) is 0 Å². The van der Waals surface area contributed by atoms with Gasteiger partial charge in [0, 0.05) is 62.2 Å². The van der Waals surface area contributed by atoms with Gasteiger partial charge in [-0.2, -0.15) is 0 Å². The van der Waals surface area contributed by atoms with Gasteiger partial charge in [-0.25, -0.2) is 18.2 Å². The highest BCUT2D eigenvalue weighted by molar-refractivity contribution is 5.98. The third-order valence-electron chi connectivity index (χ3n) is 6.49. The van der Waals surface area contributed by atoms with Crippen molar-refractivity contribution in [2.45, 2.75) is 20.4 Å². The third kappa shape index (κ3) is 7.38. The molecule has 9 nitrogen and oxygen atoms in total. The summed E-state index contributed by atoms with van der Waals surface area (Å²) < 4.78 is 52.2. The molecule has 1 aromatic heterocycles. The van der Waals surface area contributed by atoms with E-state index in [-0.39, 0.29) is 19.0 Å². The highest BCUT2D eigenvalue weighted by Gasteiger charge is 2.21. The molecule has 1 saturated heterocycles. The first-order valence-corrected chi connectivity index (χ1v) is 12.8. The summed E-state index contributed by atoms with van der Waals surface area (Å²) >= 11 is 0. The lowest BCUT2D eigenvalue weighted by molar-refractivity contribution is 0.0700. The van der Waals surface area contributed by atoms with Crippen LogP contribution in [-0.4, -0.2) is 87.5 Å². The van der Waals surface area contributed by atoms with E-state index in [0.717, 1.165) is 12.1 Å². The maximum absolute atomic E-state index is 13.9. The van der Waals surface area contributed by atoms with E-state index in [1.54, 1.807) is 37.2 Å². The van der Waals surface area contributed by atoms with Crippen LogP contribution in [0.2, 0.25) is 0 Å². The van der Waals surface area contributed by atoms with Gasteiger partial charge in [-0.05, 0) is 26.1 Å². The van der Waals surface area contributed by atoms with E-state index < -0.39 is 23.5 Å². The van der Waals surface area contributed by atoms with Crippen LogP contribution in [0.15, 0.2) is 30.5 Å². The number of anilines is 2. The number of hydrogen-bond acceptors (Lipinski definition) is 8. The van der Waals surface area contributed by atoms with E-state index in [4.69, 9.17) is 14.5 Å². The van der Waals surface area contributed by atoms with E-state index in [0.29, 0.717) is 80.6 Å². The largest absolute Gasteiger partial charge is 0.378 e. The fourth-order valence-electron chi connectivity index (χ4n) is 4.30. The predicted molar refractivity (Wildman–Crippen MR) is 149 cm³/mol. The lowest BCUT2D eigenvalue weighted by Gasteiger charge is -2.28.